The molecule has 0 aliphatic heterocycles. The first-order valence-corrected chi connectivity index (χ1v) is 7.56. The van der Waals surface area contributed by atoms with Crippen LogP contribution >= 0.6 is 34.8 Å². The third-order valence-corrected chi connectivity index (χ3v) is 4.15. The summed E-state index contributed by atoms with van der Waals surface area (Å²) in [4.78, 5) is 8.60. The highest BCUT2D eigenvalue weighted by molar-refractivity contribution is 6.39. The van der Waals surface area contributed by atoms with Gasteiger partial charge in [0.25, 0.3) is 0 Å². The van der Waals surface area contributed by atoms with Crippen LogP contribution in [0.2, 0.25) is 15.1 Å². The Morgan fingerprint density at radius 1 is 1.05 bits per heavy atom. The predicted octanol–water partition coefficient (Wildman–Crippen LogP) is 5.28. The maximum absolute atomic E-state index is 6.17. The molecule has 3 aromatic rings. The van der Waals surface area contributed by atoms with Gasteiger partial charge in [-0.3, -0.25) is 4.57 Å². The predicted molar refractivity (Wildman–Crippen MR) is 90.9 cm³/mol. The number of para-hydroxylation sites is 1. The highest BCUT2D eigenvalue weighted by atomic mass is 35.5. The summed E-state index contributed by atoms with van der Waals surface area (Å²) in [5.41, 5.74) is 1.53. The minimum atomic E-state index is 0.516. The molecule has 2 aromatic heterocycles. The lowest BCUT2D eigenvalue weighted by Gasteiger charge is -2.12. The van der Waals surface area contributed by atoms with E-state index in [-0.39, 0.29) is 0 Å². The number of anilines is 2. The quantitative estimate of drug-likeness (QED) is 0.696. The van der Waals surface area contributed by atoms with Gasteiger partial charge < -0.3 is 5.32 Å². The first-order valence-electron chi connectivity index (χ1n) is 6.43. The minimum absolute atomic E-state index is 0.516. The van der Waals surface area contributed by atoms with Crippen molar-refractivity contribution in [1.82, 2.24) is 14.5 Å². The van der Waals surface area contributed by atoms with Crippen LogP contribution in [0.25, 0.3) is 5.82 Å². The van der Waals surface area contributed by atoms with Crippen molar-refractivity contribution in [1.29, 1.82) is 0 Å². The van der Waals surface area contributed by atoms with Crippen molar-refractivity contribution >= 4 is 46.4 Å². The summed E-state index contributed by atoms with van der Waals surface area (Å²) in [5, 5.41) is 4.79. The van der Waals surface area contributed by atoms with Gasteiger partial charge in [-0.1, -0.05) is 40.9 Å². The van der Waals surface area contributed by atoms with Crippen LogP contribution in [-0.4, -0.2) is 14.5 Å². The summed E-state index contributed by atoms with van der Waals surface area (Å²) in [7, 11) is 0. The lowest BCUT2D eigenvalue weighted by atomic mass is 10.3. The second-order valence-corrected chi connectivity index (χ2v) is 5.86. The van der Waals surface area contributed by atoms with E-state index in [1.54, 1.807) is 41.4 Å². The maximum atomic E-state index is 6.17. The average Bonchev–Trinajstić information content (AvgIpc) is 2.94. The zero-order chi connectivity index (χ0) is 15.7. The van der Waals surface area contributed by atoms with Crippen LogP contribution in [0.4, 0.5) is 11.6 Å². The Morgan fingerprint density at radius 3 is 2.45 bits per heavy atom. The van der Waals surface area contributed by atoms with E-state index in [1.165, 1.54) is 0 Å². The van der Waals surface area contributed by atoms with E-state index >= 15 is 0 Å². The molecule has 0 saturated heterocycles. The number of halogens is 3. The van der Waals surface area contributed by atoms with Crippen LogP contribution in [0.1, 0.15) is 5.56 Å². The molecule has 22 heavy (non-hydrogen) atoms. The number of imidazole rings is 1. The van der Waals surface area contributed by atoms with Gasteiger partial charge in [-0.05, 0) is 30.7 Å². The third-order valence-electron chi connectivity index (χ3n) is 3.12. The number of hydrogen-bond acceptors (Lipinski definition) is 3. The van der Waals surface area contributed by atoms with Crippen LogP contribution in [-0.2, 0) is 0 Å². The van der Waals surface area contributed by atoms with Gasteiger partial charge in [-0.25, -0.2) is 9.97 Å². The summed E-state index contributed by atoms with van der Waals surface area (Å²) in [5.74, 6) is 1.26. The molecule has 1 N–H and O–H groups in total. The summed E-state index contributed by atoms with van der Waals surface area (Å²) < 4.78 is 1.79. The lowest BCUT2D eigenvalue weighted by molar-refractivity contribution is 0.996. The number of nitrogens with one attached hydrogen (secondary N) is 1. The molecule has 0 atom stereocenters. The fourth-order valence-electron chi connectivity index (χ4n) is 1.97. The molecule has 0 fully saturated rings. The summed E-state index contributed by atoms with van der Waals surface area (Å²) >= 11 is 18.4. The molecule has 0 radical (unpaired) electrons. The van der Waals surface area contributed by atoms with Crippen molar-refractivity contribution < 1.29 is 0 Å². The van der Waals surface area contributed by atoms with Crippen LogP contribution < -0.4 is 5.32 Å². The summed E-state index contributed by atoms with van der Waals surface area (Å²) in [6, 6.07) is 7.18. The highest BCUT2D eigenvalue weighted by Gasteiger charge is 2.11. The van der Waals surface area contributed by atoms with Crippen LogP contribution in [0.5, 0.6) is 0 Å². The molecule has 0 saturated carbocycles. The largest absolute Gasteiger partial charge is 0.323 e. The highest BCUT2D eigenvalue weighted by Crippen LogP contribution is 2.32. The first kappa shape index (κ1) is 15.2. The summed E-state index contributed by atoms with van der Waals surface area (Å²) in [6.45, 7) is 1.92. The molecule has 3 rings (SSSR count). The van der Waals surface area contributed by atoms with Crippen LogP contribution in [0.3, 0.4) is 0 Å². The number of aromatic nitrogens is 3. The fourth-order valence-corrected chi connectivity index (χ4v) is 2.56. The van der Waals surface area contributed by atoms with Gasteiger partial charge >= 0.3 is 0 Å². The van der Waals surface area contributed by atoms with E-state index in [2.05, 4.69) is 15.3 Å². The van der Waals surface area contributed by atoms with Gasteiger partial charge in [0.2, 0.25) is 5.95 Å². The van der Waals surface area contributed by atoms with Crippen molar-refractivity contribution in [2.24, 2.45) is 0 Å². The number of nitrogens with zero attached hydrogens (tertiary/aromatic N) is 3. The Bertz CT molecular complexity index is 809. The van der Waals surface area contributed by atoms with Gasteiger partial charge in [0, 0.05) is 18.6 Å². The SMILES string of the molecule is Cc1cc(-n2ccnc2Nc2c(Cl)cccc2Cl)ncc1Cl. The Balaban J connectivity index is 2.00. The molecule has 0 spiro atoms. The molecule has 2 heterocycles. The molecular formula is C15H11Cl3N4. The zero-order valence-corrected chi connectivity index (χ0v) is 13.8. The molecule has 7 heteroatoms. The fraction of sp³-hybridized carbons (Fsp3) is 0.0667. The Labute approximate surface area is 142 Å². The van der Waals surface area contributed by atoms with E-state index in [9.17, 15) is 0 Å². The molecular weight excluding hydrogens is 343 g/mol. The Morgan fingerprint density at radius 2 is 1.77 bits per heavy atom. The molecule has 0 aliphatic rings. The van der Waals surface area contributed by atoms with E-state index < -0.39 is 0 Å². The molecule has 112 valence electrons. The zero-order valence-electron chi connectivity index (χ0n) is 11.5. The molecule has 0 amide bonds. The van der Waals surface area contributed by atoms with Crippen molar-refractivity contribution in [2.45, 2.75) is 6.92 Å². The van der Waals surface area contributed by atoms with Crippen molar-refractivity contribution in [3.8, 4) is 5.82 Å². The third kappa shape index (κ3) is 2.90. The number of benzene rings is 1. The number of hydrogen-bond donors (Lipinski definition) is 1. The smallest absolute Gasteiger partial charge is 0.213 e. The second-order valence-electron chi connectivity index (χ2n) is 4.63. The van der Waals surface area contributed by atoms with Gasteiger partial charge in [0.15, 0.2) is 0 Å². The van der Waals surface area contributed by atoms with Crippen LogP contribution in [0.15, 0.2) is 42.9 Å². The second kappa shape index (κ2) is 6.16. The number of aryl methyl sites for hydroxylation is 1. The number of pyridine rings is 1. The molecule has 0 aliphatic carbocycles. The summed E-state index contributed by atoms with van der Waals surface area (Å²) in [6.07, 6.45) is 5.07. The number of rotatable bonds is 3. The van der Waals surface area contributed by atoms with Gasteiger partial charge in [0.05, 0.1) is 20.8 Å². The standard InChI is InChI=1S/C15H11Cl3N4/c1-9-7-13(20-8-12(9)18)22-6-5-19-15(22)21-14-10(16)3-2-4-11(14)17/h2-8H,1H3,(H,19,21). The van der Waals surface area contributed by atoms with E-state index in [4.69, 9.17) is 34.8 Å². The minimum Gasteiger partial charge on any atom is -0.323 e. The first-order chi connectivity index (χ1) is 10.6. The average molecular weight is 354 g/mol. The van der Waals surface area contributed by atoms with E-state index in [0.717, 1.165) is 5.56 Å². The Hall–Kier alpha value is -1.75. The van der Waals surface area contributed by atoms with Crippen LogP contribution in [0, 0.1) is 6.92 Å². The maximum Gasteiger partial charge on any atom is 0.213 e. The molecule has 0 unspecified atom stereocenters. The monoisotopic (exact) mass is 352 g/mol. The van der Waals surface area contributed by atoms with Crippen molar-refractivity contribution in [2.75, 3.05) is 5.32 Å². The van der Waals surface area contributed by atoms with Gasteiger partial charge in [-0.2, -0.15) is 0 Å². The van der Waals surface area contributed by atoms with Crippen molar-refractivity contribution in [3.05, 3.63) is 63.5 Å². The van der Waals surface area contributed by atoms with E-state index in [0.29, 0.717) is 32.5 Å². The molecule has 4 nitrogen and oxygen atoms in total. The topological polar surface area (TPSA) is 42.7 Å². The lowest BCUT2D eigenvalue weighted by Crippen LogP contribution is -2.04. The molecule has 1 aromatic carbocycles. The van der Waals surface area contributed by atoms with Gasteiger partial charge in [-0.15, -0.1) is 0 Å². The normalized spacial score (nSPS) is 10.7. The molecule has 0 bridgehead atoms. The van der Waals surface area contributed by atoms with Gasteiger partial charge in [0.1, 0.15) is 5.82 Å². The Kier molecular flexibility index (Phi) is 4.25. The van der Waals surface area contributed by atoms with Crippen molar-refractivity contribution in [3.63, 3.8) is 0 Å². The van der Waals surface area contributed by atoms with E-state index in [1.807, 2.05) is 13.0 Å².